The molecular formula is C23H38N4O. The van der Waals surface area contributed by atoms with E-state index in [1.165, 1.54) is 5.56 Å². The number of amides is 2. The Morgan fingerprint density at radius 2 is 1.79 bits per heavy atom. The van der Waals surface area contributed by atoms with Crippen molar-refractivity contribution in [3.63, 3.8) is 0 Å². The van der Waals surface area contributed by atoms with Gasteiger partial charge in [0.15, 0.2) is 0 Å². The van der Waals surface area contributed by atoms with Crippen molar-refractivity contribution < 1.29 is 4.79 Å². The zero-order chi connectivity index (χ0) is 20.0. The highest BCUT2D eigenvalue weighted by Gasteiger charge is 2.39. The molecule has 1 atom stereocenters. The van der Waals surface area contributed by atoms with E-state index in [4.69, 9.17) is 0 Å². The Hall–Kier alpha value is -1.59. The first kappa shape index (κ1) is 21.1. The molecule has 0 aromatic heterocycles. The first-order valence-corrected chi connectivity index (χ1v) is 11.0. The van der Waals surface area contributed by atoms with E-state index in [9.17, 15) is 4.79 Å². The van der Waals surface area contributed by atoms with Gasteiger partial charge in [-0.05, 0) is 58.6 Å². The molecule has 3 rings (SSSR count). The SMILES string of the molecule is CN1CCN(C2CCN(C(=O)NCCCCc3ccccc3)C(C)(C)C2)CC1. The number of aryl methyl sites for hydroxylation is 1. The van der Waals surface area contributed by atoms with E-state index in [0.717, 1.165) is 71.4 Å². The third kappa shape index (κ3) is 5.71. The highest BCUT2D eigenvalue weighted by Crippen LogP contribution is 2.30. The maximum atomic E-state index is 12.8. The van der Waals surface area contributed by atoms with Crippen LogP contribution in [0, 0.1) is 0 Å². The van der Waals surface area contributed by atoms with Crippen LogP contribution < -0.4 is 5.32 Å². The third-order valence-electron chi connectivity index (χ3n) is 6.46. The minimum Gasteiger partial charge on any atom is -0.338 e. The summed E-state index contributed by atoms with van der Waals surface area (Å²) in [6, 6.07) is 11.3. The van der Waals surface area contributed by atoms with Gasteiger partial charge in [0.25, 0.3) is 0 Å². The second-order valence-electron chi connectivity index (χ2n) is 9.12. The molecule has 2 aliphatic rings. The minimum absolute atomic E-state index is 0.0829. The molecule has 1 aromatic rings. The predicted molar refractivity (Wildman–Crippen MR) is 116 cm³/mol. The topological polar surface area (TPSA) is 38.8 Å². The molecule has 1 aromatic carbocycles. The van der Waals surface area contributed by atoms with Crippen LogP contribution in [0.3, 0.4) is 0 Å². The summed E-state index contributed by atoms with van der Waals surface area (Å²) < 4.78 is 0. The van der Waals surface area contributed by atoms with Crippen LogP contribution in [0.1, 0.15) is 45.1 Å². The van der Waals surface area contributed by atoms with Crippen LogP contribution in [0.25, 0.3) is 0 Å². The van der Waals surface area contributed by atoms with Gasteiger partial charge in [0.1, 0.15) is 0 Å². The standard InChI is InChI=1S/C23H38N4O/c1-23(2)19-21(26-17-15-25(3)16-18-26)12-14-27(23)22(28)24-13-8-7-11-20-9-5-4-6-10-20/h4-6,9-10,21H,7-8,11-19H2,1-3H3,(H,24,28). The smallest absolute Gasteiger partial charge is 0.317 e. The normalized spacial score (nSPS) is 23.5. The van der Waals surface area contributed by atoms with Gasteiger partial charge in [0, 0.05) is 50.8 Å². The van der Waals surface area contributed by atoms with Crippen molar-refractivity contribution in [2.45, 2.75) is 57.5 Å². The number of hydrogen-bond donors (Lipinski definition) is 1. The van der Waals surface area contributed by atoms with Crippen LogP contribution in [-0.2, 0) is 6.42 Å². The fourth-order valence-electron chi connectivity index (χ4n) is 4.63. The number of urea groups is 1. The fourth-order valence-corrected chi connectivity index (χ4v) is 4.63. The first-order valence-electron chi connectivity index (χ1n) is 11.0. The summed E-state index contributed by atoms with van der Waals surface area (Å²) >= 11 is 0. The van der Waals surface area contributed by atoms with Crippen molar-refractivity contribution in [2.75, 3.05) is 46.3 Å². The van der Waals surface area contributed by atoms with Gasteiger partial charge in [0.05, 0.1) is 0 Å². The number of nitrogens with zero attached hydrogens (tertiary/aromatic N) is 3. The van der Waals surface area contributed by atoms with E-state index in [1.807, 2.05) is 0 Å². The van der Waals surface area contributed by atoms with Gasteiger partial charge in [-0.25, -0.2) is 4.79 Å². The average Bonchev–Trinajstić information content (AvgIpc) is 2.68. The second kappa shape index (κ2) is 9.75. The van der Waals surface area contributed by atoms with Gasteiger partial charge in [0.2, 0.25) is 0 Å². The number of piperazine rings is 1. The molecule has 5 heteroatoms. The minimum atomic E-state index is -0.0829. The van der Waals surface area contributed by atoms with Crippen molar-refractivity contribution in [2.24, 2.45) is 0 Å². The Morgan fingerprint density at radius 3 is 2.46 bits per heavy atom. The van der Waals surface area contributed by atoms with Crippen molar-refractivity contribution in [1.29, 1.82) is 0 Å². The van der Waals surface area contributed by atoms with Gasteiger partial charge < -0.3 is 15.1 Å². The molecule has 2 fully saturated rings. The lowest BCUT2D eigenvalue weighted by Gasteiger charge is -2.49. The molecule has 2 saturated heterocycles. The zero-order valence-corrected chi connectivity index (χ0v) is 18.0. The van der Waals surface area contributed by atoms with Crippen molar-refractivity contribution >= 4 is 6.03 Å². The summed E-state index contributed by atoms with van der Waals surface area (Å²) in [5, 5.41) is 3.16. The third-order valence-corrected chi connectivity index (χ3v) is 6.46. The summed E-state index contributed by atoms with van der Waals surface area (Å²) in [6.07, 6.45) is 5.38. The zero-order valence-electron chi connectivity index (χ0n) is 18.0. The number of likely N-dealkylation sites (tertiary alicyclic amines) is 1. The van der Waals surface area contributed by atoms with Crippen LogP contribution in [-0.4, -0.2) is 78.6 Å². The molecule has 0 bridgehead atoms. The molecule has 5 nitrogen and oxygen atoms in total. The number of piperidine rings is 1. The molecule has 2 aliphatic heterocycles. The highest BCUT2D eigenvalue weighted by molar-refractivity contribution is 5.75. The number of carbonyl (C=O) groups excluding carboxylic acids is 1. The largest absolute Gasteiger partial charge is 0.338 e. The number of carbonyl (C=O) groups is 1. The summed E-state index contributed by atoms with van der Waals surface area (Å²) in [5.41, 5.74) is 1.29. The Kier molecular flexibility index (Phi) is 7.36. The van der Waals surface area contributed by atoms with Crippen LogP contribution in [0.5, 0.6) is 0 Å². The summed E-state index contributed by atoms with van der Waals surface area (Å²) in [7, 11) is 2.20. The molecule has 0 radical (unpaired) electrons. The van der Waals surface area contributed by atoms with Gasteiger partial charge >= 0.3 is 6.03 Å². The molecule has 28 heavy (non-hydrogen) atoms. The Balaban J connectivity index is 1.39. The molecular weight excluding hydrogens is 348 g/mol. The Labute approximate surface area is 171 Å². The van der Waals surface area contributed by atoms with E-state index in [-0.39, 0.29) is 11.6 Å². The molecule has 1 N–H and O–H groups in total. The van der Waals surface area contributed by atoms with Crippen LogP contribution in [0.2, 0.25) is 0 Å². The lowest BCUT2D eigenvalue weighted by atomic mass is 9.86. The molecule has 2 amide bonds. The van der Waals surface area contributed by atoms with Gasteiger partial charge in [-0.1, -0.05) is 30.3 Å². The molecule has 156 valence electrons. The number of benzene rings is 1. The first-order chi connectivity index (χ1) is 13.5. The molecule has 0 aliphatic carbocycles. The van der Waals surface area contributed by atoms with Crippen molar-refractivity contribution in [3.8, 4) is 0 Å². The summed E-state index contributed by atoms with van der Waals surface area (Å²) in [6.45, 7) is 10.7. The van der Waals surface area contributed by atoms with E-state index >= 15 is 0 Å². The van der Waals surface area contributed by atoms with E-state index < -0.39 is 0 Å². The quantitative estimate of drug-likeness (QED) is 0.763. The Bertz CT molecular complexity index is 610. The van der Waals surface area contributed by atoms with Crippen LogP contribution in [0.15, 0.2) is 30.3 Å². The maximum absolute atomic E-state index is 12.8. The number of hydrogen-bond acceptors (Lipinski definition) is 3. The highest BCUT2D eigenvalue weighted by atomic mass is 16.2. The molecule has 0 spiro atoms. The molecule has 2 heterocycles. The second-order valence-corrected chi connectivity index (χ2v) is 9.12. The van der Waals surface area contributed by atoms with E-state index in [0.29, 0.717) is 6.04 Å². The lowest BCUT2D eigenvalue weighted by molar-refractivity contribution is 0.0231. The monoisotopic (exact) mass is 386 g/mol. The molecule has 0 saturated carbocycles. The van der Waals surface area contributed by atoms with Gasteiger partial charge in [-0.3, -0.25) is 4.90 Å². The average molecular weight is 387 g/mol. The van der Waals surface area contributed by atoms with Crippen molar-refractivity contribution in [3.05, 3.63) is 35.9 Å². The van der Waals surface area contributed by atoms with Gasteiger partial charge in [-0.2, -0.15) is 0 Å². The lowest BCUT2D eigenvalue weighted by Crippen LogP contribution is -2.61. The van der Waals surface area contributed by atoms with Crippen molar-refractivity contribution in [1.82, 2.24) is 20.0 Å². The predicted octanol–water partition coefficient (Wildman–Crippen LogP) is 3.21. The van der Waals surface area contributed by atoms with Crippen LogP contribution >= 0.6 is 0 Å². The summed E-state index contributed by atoms with van der Waals surface area (Å²) in [4.78, 5) is 19.9. The van der Waals surface area contributed by atoms with Gasteiger partial charge in [-0.15, -0.1) is 0 Å². The van der Waals surface area contributed by atoms with E-state index in [1.54, 1.807) is 0 Å². The molecule has 1 unspecified atom stereocenters. The fraction of sp³-hybridized carbons (Fsp3) is 0.696. The number of likely N-dealkylation sites (N-methyl/N-ethyl adjacent to an activating group) is 1. The summed E-state index contributed by atoms with van der Waals surface area (Å²) in [5.74, 6) is 0. The van der Waals surface area contributed by atoms with E-state index in [2.05, 4.69) is 71.2 Å². The van der Waals surface area contributed by atoms with Crippen LogP contribution in [0.4, 0.5) is 4.79 Å². The maximum Gasteiger partial charge on any atom is 0.317 e. The number of nitrogens with one attached hydrogen (secondary N) is 1. The number of rotatable bonds is 6. The number of unbranched alkanes of at least 4 members (excludes halogenated alkanes) is 1. The Morgan fingerprint density at radius 1 is 1.07 bits per heavy atom.